The highest BCUT2D eigenvalue weighted by molar-refractivity contribution is 5.86. The molecule has 0 spiro atoms. The van der Waals surface area contributed by atoms with Crippen LogP contribution in [0.5, 0.6) is 0 Å². The van der Waals surface area contributed by atoms with Gasteiger partial charge in [-0.25, -0.2) is 5.06 Å². The molecule has 4 nitrogen and oxygen atoms in total. The predicted molar refractivity (Wildman–Crippen MR) is 26.7 cm³/mol. The average Bonchev–Trinajstić information content (AvgIpc) is 1.81. The fourth-order valence-electron chi connectivity index (χ4n) is 0.584. The maximum atomic E-state index is 10.5. The van der Waals surface area contributed by atoms with Gasteiger partial charge in [0.15, 0.2) is 0 Å². The van der Waals surface area contributed by atoms with Crippen LogP contribution >= 0.6 is 0 Å². The summed E-state index contributed by atoms with van der Waals surface area (Å²) in [6.07, 6.45) is 0. The van der Waals surface area contributed by atoms with Crippen LogP contribution in [0.2, 0.25) is 0 Å². The predicted octanol–water partition coefficient (Wildman–Crippen LogP) is -1.28. The quantitative estimate of drug-likeness (QED) is 0.434. The lowest BCUT2D eigenvalue weighted by atomic mass is 10.2. The Morgan fingerprint density at radius 3 is 2.75 bits per heavy atom. The van der Waals surface area contributed by atoms with Crippen LogP contribution in [0.3, 0.4) is 0 Å². The molecule has 0 bridgehead atoms. The lowest BCUT2D eigenvalue weighted by molar-refractivity contribution is -0.200. The lowest BCUT2D eigenvalue weighted by Gasteiger charge is -2.32. The summed E-state index contributed by atoms with van der Waals surface area (Å²) in [6, 6.07) is -0.324. The number of nitrogens with two attached hydrogens (primary N) is 1. The first-order valence-electron chi connectivity index (χ1n) is 2.37. The Morgan fingerprint density at radius 2 is 2.62 bits per heavy atom. The van der Waals surface area contributed by atoms with Gasteiger partial charge in [-0.15, -0.1) is 0 Å². The summed E-state index contributed by atoms with van der Waals surface area (Å²) in [5.41, 5.74) is 5.22. The van der Waals surface area contributed by atoms with E-state index in [1.807, 2.05) is 0 Å². The van der Waals surface area contributed by atoms with Gasteiger partial charge in [-0.1, -0.05) is 0 Å². The van der Waals surface area contributed by atoms with Crippen LogP contribution in [0.15, 0.2) is 0 Å². The molecule has 2 N–H and O–H groups in total. The van der Waals surface area contributed by atoms with E-state index in [1.54, 1.807) is 0 Å². The van der Waals surface area contributed by atoms with Crippen LogP contribution in [0.4, 0.5) is 0 Å². The zero-order valence-electron chi connectivity index (χ0n) is 4.63. The van der Waals surface area contributed by atoms with Crippen LogP contribution in [0.1, 0.15) is 0 Å². The second-order valence-corrected chi connectivity index (χ2v) is 1.69. The van der Waals surface area contributed by atoms with E-state index in [0.29, 0.717) is 6.54 Å². The zero-order chi connectivity index (χ0) is 6.15. The van der Waals surface area contributed by atoms with E-state index in [4.69, 9.17) is 5.73 Å². The fourth-order valence-corrected chi connectivity index (χ4v) is 0.584. The van der Waals surface area contributed by atoms with Crippen molar-refractivity contribution in [3.63, 3.8) is 0 Å². The third kappa shape index (κ3) is 0.579. The van der Waals surface area contributed by atoms with Crippen LogP contribution in [-0.4, -0.2) is 30.7 Å². The molecule has 0 radical (unpaired) electrons. The van der Waals surface area contributed by atoms with Gasteiger partial charge in [0.1, 0.15) is 6.04 Å². The Labute approximate surface area is 47.2 Å². The van der Waals surface area contributed by atoms with Crippen molar-refractivity contribution in [3.05, 3.63) is 0 Å². The minimum atomic E-state index is -0.324. The van der Waals surface area contributed by atoms with E-state index in [1.165, 1.54) is 12.2 Å². The molecule has 0 aliphatic carbocycles. The summed E-state index contributed by atoms with van der Waals surface area (Å²) in [7, 11) is 1.45. The molecule has 1 rings (SSSR count). The summed E-state index contributed by atoms with van der Waals surface area (Å²) < 4.78 is 0. The molecule has 1 saturated heterocycles. The summed E-state index contributed by atoms with van der Waals surface area (Å²) in [5, 5.41) is 1.23. The number of carbonyl (C=O) groups excluding carboxylic acids is 1. The number of carbonyl (C=O) groups is 1. The van der Waals surface area contributed by atoms with E-state index in [0.717, 1.165) is 0 Å². The fraction of sp³-hybridized carbons (Fsp3) is 0.750. The van der Waals surface area contributed by atoms with E-state index < -0.39 is 0 Å². The van der Waals surface area contributed by atoms with Crippen molar-refractivity contribution in [2.45, 2.75) is 6.04 Å². The summed E-state index contributed by atoms with van der Waals surface area (Å²) in [6.45, 7) is 0.523. The van der Waals surface area contributed by atoms with Crippen molar-refractivity contribution in [3.8, 4) is 0 Å². The van der Waals surface area contributed by atoms with Gasteiger partial charge in [0.05, 0.1) is 13.7 Å². The van der Waals surface area contributed by atoms with Gasteiger partial charge in [0.2, 0.25) is 0 Å². The highest BCUT2D eigenvalue weighted by Gasteiger charge is 2.33. The van der Waals surface area contributed by atoms with Gasteiger partial charge in [-0.05, 0) is 0 Å². The van der Waals surface area contributed by atoms with E-state index >= 15 is 0 Å². The van der Waals surface area contributed by atoms with Crippen LogP contribution in [0.25, 0.3) is 0 Å². The highest BCUT2D eigenvalue weighted by atomic mass is 16.7. The second kappa shape index (κ2) is 1.72. The molecular formula is C4H8N2O2. The smallest absolute Gasteiger partial charge is 0.265 e. The first-order chi connectivity index (χ1) is 3.75. The Balaban J connectivity index is 2.36. The van der Waals surface area contributed by atoms with Crippen LogP contribution in [0, 0.1) is 0 Å². The first kappa shape index (κ1) is 5.53. The molecule has 4 heteroatoms. The molecule has 0 aromatic rings. The largest absolute Gasteiger partial charge is 0.318 e. The molecule has 8 heavy (non-hydrogen) atoms. The number of hydrogen-bond donors (Lipinski definition) is 1. The van der Waals surface area contributed by atoms with Gasteiger partial charge in [0.25, 0.3) is 5.91 Å². The number of amides is 1. The molecule has 0 aromatic carbocycles. The zero-order valence-corrected chi connectivity index (χ0v) is 4.63. The number of rotatable bonds is 1. The number of hydrogen-bond acceptors (Lipinski definition) is 3. The van der Waals surface area contributed by atoms with Crippen molar-refractivity contribution in [1.82, 2.24) is 5.06 Å². The van der Waals surface area contributed by atoms with Gasteiger partial charge >= 0.3 is 0 Å². The Kier molecular flexibility index (Phi) is 1.19. The van der Waals surface area contributed by atoms with Crippen molar-refractivity contribution in [2.24, 2.45) is 5.73 Å². The molecule has 0 unspecified atom stereocenters. The van der Waals surface area contributed by atoms with Crippen molar-refractivity contribution < 1.29 is 9.63 Å². The number of β-lactam (4-membered cyclic amide) rings is 1. The highest BCUT2D eigenvalue weighted by Crippen LogP contribution is 2.05. The number of hydroxylamine groups is 2. The molecule has 1 aliphatic rings. The summed E-state index contributed by atoms with van der Waals surface area (Å²) in [5.74, 6) is -0.132. The molecule has 1 amide bonds. The third-order valence-corrected chi connectivity index (χ3v) is 1.15. The monoisotopic (exact) mass is 116 g/mol. The van der Waals surface area contributed by atoms with Crippen molar-refractivity contribution >= 4 is 5.91 Å². The van der Waals surface area contributed by atoms with Crippen LogP contribution < -0.4 is 5.73 Å². The van der Waals surface area contributed by atoms with Crippen molar-refractivity contribution in [2.75, 3.05) is 13.7 Å². The van der Waals surface area contributed by atoms with Gasteiger partial charge in [-0.3, -0.25) is 9.63 Å². The van der Waals surface area contributed by atoms with Gasteiger partial charge < -0.3 is 5.73 Å². The Bertz CT molecular complexity index is 115. The summed E-state index contributed by atoms with van der Waals surface area (Å²) in [4.78, 5) is 15.0. The first-order valence-corrected chi connectivity index (χ1v) is 2.37. The van der Waals surface area contributed by atoms with Crippen LogP contribution in [-0.2, 0) is 9.63 Å². The average molecular weight is 116 g/mol. The molecule has 1 aliphatic heterocycles. The Morgan fingerprint density at radius 1 is 2.00 bits per heavy atom. The van der Waals surface area contributed by atoms with E-state index in [2.05, 4.69) is 4.84 Å². The molecule has 1 atom stereocenters. The van der Waals surface area contributed by atoms with E-state index in [-0.39, 0.29) is 11.9 Å². The summed E-state index contributed by atoms with van der Waals surface area (Å²) >= 11 is 0. The topological polar surface area (TPSA) is 55.6 Å². The lowest BCUT2D eigenvalue weighted by Crippen LogP contribution is -2.60. The normalized spacial score (nSPS) is 28.0. The standard InChI is InChI=1S/C4H8N2O2/c1-8-6-2-3(5)4(6)7/h3H,2,5H2,1H3/t3-/m0/s1. The maximum absolute atomic E-state index is 10.5. The third-order valence-electron chi connectivity index (χ3n) is 1.15. The molecular weight excluding hydrogens is 108 g/mol. The maximum Gasteiger partial charge on any atom is 0.265 e. The molecule has 0 aromatic heterocycles. The Hall–Kier alpha value is -0.610. The number of nitrogens with zero attached hydrogens (tertiary/aromatic N) is 1. The minimum Gasteiger partial charge on any atom is -0.318 e. The second-order valence-electron chi connectivity index (χ2n) is 1.69. The minimum absolute atomic E-state index is 0.132. The molecule has 46 valence electrons. The van der Waals surface area contributed by atoms with E-state index in [9.17, 15) is 4.79 Å². The SMILES string of the molecule is CON1C[C@H](N)C1=O. The van der Waals surface area contributed by atoms with Gasteiger partial charge in [-0.2, -0.15) is 0 Å². The molecule has 1 heterocycles. The van der Waals surface area contributed by atoms with Crippen molar-refractivity contribution in [1.29, 1.82) is 0 Å². The molecule has 0 saturated carbocycles. The molecule has 1 fully saturated rings. The van der Waals surface area contributed by atoms with Gasteiger partial charge in [0, 0.05) is 0 Å².